The molecule has 12 heterocycles. The van der Waals surface area contributed by atoms with Crippen LogP contribution in [0.25, 0.3) is 0 Å². The second-order valence-corrected chi connectivity index (χ2v) is 33.3. The lowest BCUT2D eigenvalue weighted by Crippen LogP contribution is -2.59. The maximum absolute atomic E-state index is 13.6. The van der Waals surface area contributed by atoms with Crippen LogP contribution in [0, 0.1) is 46.2 Å². The van der Waals surface area contributed by atoms with E-state index in [1.54, 1.807) is 53.4 Å². The molecular formula is C79H108Cl4F6IN19O2. The van der Waals surface area contributed by atoms with Crippen molar-refractivity contribution in [3.05, 3.63) is 162 Å². The second kappa shape index (κ2) is 40.5. The minimum atomic E-state index is -0.704. The number of para-hydroxylation sites is 1. The van der Waals surface area contributed by atoms with Crippen molar-refractivity contribution in [2.24, 2.45) is 0 Å². The molecule has 2 N–H and O–H groups in total. The van der Waals surface area contributed by atoms with Crippen molar-refractivity contribution in [3.63, 3.8) is 0 Å². The third-order valence-electron chi connectivity index (χ3n) is 20.3. The number of carbonyl (C=O) groups excluding carboxylic acids is 1. The Hall–Kier alpha value is -6.74. The summed E-state index contributed by atoms with van der Waals surface area (Å²) in [6, 6.07) is 30.6. The molecule has 0 radical (unpaired) electrons. The van der Waals surface area contributed by atoms with E-state index in [2.05, 4.69) is 183 Å². The lowest BCUT2D eigenvalue weighted by molar-refractivity contribution is 0.134. The number of ether oxygens (including phenoxy) is 1. The van der Waals surface area contributed by atoms with E-state index in [-0.39, 0.29) is 56.0 Å². The van der Waals surface area contributed by atoms with Crippen LogP contribution in [0.5, 0.6) is 5.75 Å². The molecule has 0 unspecified atom stereocenters. The molecule has 0 spiro atoms. The molecule has 608 valence electrons. The fourth-order valence-corrected chi connectivity index (χ4v) is 17.3. The van der Waals surface area contributed by atoms with Crippen LogP contribution in [-0.2, 0) is 0 Å². The molecule has 6 aromatic heterocycles. The standard InChI is InChI=1S/C18H20FN3O2.C13H19ClFN3.C12H16ClFIN3.C12H18ClFN4.C12H17ClFN3.C12H18FN3/c1-13-11-21(18(23)24-15-7-4-3-5-8-15)12-14(2)22(13)17-10-6-9-16(19)20-17;1-8-5-11(16-13(15)12(8)14)18-9(2)6-17(4)7-10(18)3;2*1-7-5-17(3)6-8(2)18(7)10-4-9(15)11(13)12(14)16-10;1-8-6-16(3)7-9(2)17(8)11-5-4-10(13)12(14)15-11;1-9-7-15(3)8-10(2)16(9)12-6-4-5-11(13)14-12/h3-10,13-14H,11-12H2,1-2H3;5,9-10H,6-7H2,1-4H3;4,7-8H,5-6H2,1-3H3;4,7-8H,5-6H2,1-3H3,(H2,15,16);4-5,8-9H,6-7H2,1-3H3;4-6,9-10H,7-8H2,1-3H3/t13-,14-;9-,10-;2*7-,8-;8-,9-;9-,10-/m000000/s1. The van der Waals surface area contributed by atoms with Crippen molar-refractivity contribution in [1.29, 1.82) is 0 Å². The number of hydrogen-bond donors (Lipinski definition) is 1. The molecule has 7 aromatic rings. The van der Waals surface area contributed by atoms with Gasteiger partial charge in [-0.3, -0.25) is 0 Å². The zero-order valence-electron chi connectivity index (χ0n) is 66.8. The normalized spacial score (nSPS) is 24.9. The van der Waals surface area contributed by atoms with Crippen LogP contribution in [0.2, 0.25) is 20.1 Å². The Morgan fingerprint density at radius 1 is 0.378 bits per heavy atom. The maximum atomic E-state index is 13.6. The molecule has 6 fully saturated rings. The molecule has 0 bridgehead atoms. The van der Waals surface area contributed by atoms with Gasteiger partial charge in [0.15, 0.2) is 0 Å². The molecule has 6 saturated heterocycles. The Balaban J connectivity index is 0.000000168. The van der Waals surface area contributed by atoms with E-state index in [9.17, 15) is 31.1 Å². The van der Waals surface area contributed by atoms with Crippen molar-refractivity contribution in [2.45, 2.75) is 163 Å². The zero-order chi connectivity index (χ0) is 81.7. The first-order valence-corrected chi connectivity index (χ1v) is 40.1. The lowest BCUT2D eigenvalue weighted by atomic mass is 10.1. The van der Waals surface area contributed by atoms with Crippen molar-refractivity contribution in [1.82, 2.24) is 59.3 Å². The topological polar surface area (TPSA) is 169 Å². The molecular weight excluding hydrogens is 1630 g/mol. The first-order chi connectivity index (χ1) is 52.3. The zero-order valence-corrected chi connectivity index (χ0v) is 71.9. The van der Waals surface area contributed by atoms with Crippen molar-refractivity contribution < 1.29 is 35.9 Å². The molecule has 111 heavy (non-hydrogen) atoms. The summed E-state index contributed by atoms with van der Waals surface area (Å²) in [4.78, 5) is 62.0. The van der Waals surface area contributed by atoms with Gasteiger partial charge in [0.05, 0.1) is 15.7 Å². The van der Waals surface area contributed by atoms with Crippen LogP contribution in [0.4, 0.5) is 71.7 Å². The van der Waals surface area contributed by atoms with E-state index in [0.29, 0.717) is 99.8 Å². The van der Waals surface area contributed by atoms with Gasteiger partial charge in [0.1, 0.15) is 50.7 Å². The van der Waals surface area contributed by atoms with E-state index in [4.69, 9.17) is 56.9 Å². The summed E-state index contributed by atoms with van der Waals surface area (Å²) in [7, 11) is 10.5. The predicted octanol–water partition coefficient (Wildman–Crippen LogP) is 15.2. The molecule has 1 amide bonds. The number of aromatic nitrogens is 6. The van der Waals surface area contributed by atoms with Crippen LogP contribution >= 0.6 is 69.0 Å². The fraction of sp³-hybridized carbons (Fsp3) is 0.532. The number of hydrogen-bond acceptors (Lipinski definition) is 20. The molecule has 32 heteroatoms. The van der Waals surface area contributed by atoms with Crippen LogP contribution in [0.15, 0.2) is 97.1 Å². The number of carbonyl (C=O) groups is 1. The lowest BCUT2D eigenvalue weighted by Gasteiger charge is -2.44. The van der Waals surface area contributed by atoms with Gasteiger partial charge in [0.25, 0.3) is 0 Å². The van der Waals surface area contributed by atoms with Gasteiger partial charge in [0.2, 0.25) is 35.7 Å². The highest BCUT2D eigenvalue weighted by molar-refractivity contribution is 14.1. The van der Waals surface area contributed by atoms with E-state index < -0.39 is 35.7 Å². The summed E-state index contributed by atoms with van der Waals surface area (Å²) < 4.78 is 86.9. The minimum absolute atomic E-state index is 0.00590. The quantitative estimate of drug-likeness (QED) is 0.0908. The number of benzene rings is 1. The average molecular weight is 1740 g/mol. The van der Waals surface area contributed by atoms with E-state index in [1.165, 1.54) is 12.1 Å². The van der Waals surface area contributed by atoms with Gasteiger partial charge in [-0.1, -0.05) is 76.7 Å². The third kappa shape index (κ3) is 23.9. The van der Waals surface area contributed by atoms with Gasteiger partial charge in [-0.05, 0) is 214 Å². The molecule has 12 atom stereocenters. The Bertz CT molecular complexity index is 3860. The monoisotopic (exact) mass is 1740 g/mol. The summed E-state index contributed by atoms with van der Waals surface area (Å²) in [6.45, 7) is 37.6. The van der Waals surface area contributed by atoms with Crippen LogP contribution in [-0.4, -0.2) is 252 Å². The Kier molecular flexibility index (Phi) is 32.8. The number of nitrogens with zero attached hydrogens (tertiary/aromatic N) is 18. The number of nitrogens with two attached hydrogens (primary N) is 1. The maximum Gasteiger partial charge on any atom is 0.415 e. The van der Waals surface area contributed by atoms with E-state index in [0.717, 1.165) is 76.8 Å². The Labute approximate surface area is 685 Å². The summed E-state index contributed by atoms with van der Waals surface area (Å²) >= 11 is 25.0. The SMILES string of the molecule is C[C@H]1CN(C(=O)Oc2ccccc2)C[C@H](C)N1c1cccc(F)n1.C[C@H]1CN(C)C[C@H](C)N1c1cc(I)c(Cl)c(F)n1.C[C@H]1CN(C)C[C@H](C)N1c1cc(N)c(Cl)c(F)n1.C[C@H]1CN(C)C[C@H](C)N1c1ccc(Cl)c(F)n1.C[C@H]1CN(C)C[C@H](C)N1c1cccc(F)n1.Cc1cc(N2[C@@H](C)CN(C)C[C@@H]2C)nc(F)c1Cl. The highest BCUT2D eigenvalue weighted by Crippen LogP contribution is 2.34. The molecule has 6 aliphatic heterocycles. The number of likely N-dealkylation sites (N-methyl/N-ethyl adjacent to an activating group) is 5. The minimum Gasteiger partial charge on any atom is -0.410 e. The molecule has 6 aliphatic rings. The number of pyridine rings is 6. The summed E-state index contributed by atoms with van der Waals surface area (Å²) in [5.41, 5.74) is 6.66. The highest BCUT2D eigenvalue weighted by atomic mass is 127. The van der Waals surface area contributed by atoms with E-state index in [1.807, 2.05) is 84.7 Å². The Morgan fingerprint density at radius 2 is 0.685 bits per heavy atom. The molecule has 1 aromatic carbocycles. The summed E-state index contributed by atoms with van der Waals surface area (Å²) in [6.07, 6.45) is -0.369. The van der Waals surface area contributed by atoms with Crippen LogP contribution in [0.1, 0.15) is 88.6 Å². The number of piperazine rings is 6. The van der Waals surface area contributed by atoms with E-state index >= 15 is 0 Å². The van der Waals surface area contributed by atoms with Gasteiger partial charge >= 0.3 is 6.09 Å². The average Bonchev–Trinajstić information content (AvgIpc) is 0.829. The number of nitrogen functional groups attached to an aromatic ring is 1. The fourth-order valence-electron chi connectivity index (χ4n) is 16.4. The molecule has 0 saturated carbocycles. The first-order valence-electron chi connectivity index (χ1n) is 37.5. The Morgan fingerprint density at radius 3 is 1.02 bits per heavy atom. The van der Waals surface area contributed by atoms with Gasteiger partial charge in [-0.2, -0.15) is 26.3 Å². The van der Waals surface area contributed by atoms with Crippen molar-refractivity contribution in [2.75, 3.05) is 149 Å². The number of amides is 1. The summed E-state index contributed by atoms with van der Waals surface area (Å²) in [5, 5.41) is 0.193. The number of aryl methyl sites for hydroxylation is 1. The van der Waals surface area contributed by atoms with Gasteiger partial charge in [-0.15, -0.1) is 0 Å². The number of halogens is 11. The number of rotatable bonds is 7. The first kappa shape index (κ1) is 89.8. The van der Waals surface area contributed by atoms with Crippen LogP contribution in [0.3, 0.4) is 0 Å². The summed E-state index contributed by atoms with van der Waals surface area (Å²) in [5.74, 6) is 1.07. The predicted molar refractivity (Wildman–Crippen MR) is 447 cm³/mol. The van der Waals surface area contributed by atoms with Crippen molar-refractivity contribution in [3.8, 4) is 5.75 Å². The van der Waals surface area contributed by atoms with Gasteiger partial charge in [0, 0.05) is 161 Å². The third-order valence-corrected chi connectivity index (χ3v) is 22.9. The number of anilines is 7. The van der Waals surface area contributed by atoms with Gasteiger partial charge in [-0.25, -0.2) is 34.7 Å². The van der Waals surface area contributed by atoms with Gasteiger partial charge < -0.3 is 69.3 Å². The smallest absolute Gasteiger partial charge is 0.410 e. The largest absolute Gasteiger partial charge is 0.415 e. The molecule has 21 nitrogen and oxygen atoms in total. The highest BCUT2D eigenvalue weighted by Gasteiger charge is 2.37. The van der Waals surface area contributed by atoms with Crippen LogP contribution < -0.4 is 39.9 Å². The van der Waals surface area contributed by atoms with Crippen molar-refractivity contribution >= 4 is 116 Å². The molecule has 13 rings (SSSR count). The molecule has 0 aliphatic carbocycles. The second-order valence-electron chi connectivity index (χ2n) is 30.5.